The van der Waals surface area contributed by atoms with Crippen molar-refractivity contribution in [1.29, 1.82) is 0 Å². The fraction of sp³-hybridized carbons (Fsp3) is 0.0769. The van der Waals surface area contributed by atoms with Gasteiger partial charge < -0.3 is 4.74 Å². The molecule has 0 aliphatic heterocycles. The molecule has 0 atom stereocenters. The molecule has 0 amide bonds. The molecule has 0 spiro atoms. The maximum absolute atomic E-state index is 5.98. The van der Waals surface area contributed by atoms with Crippen LogP contribution in [-0.4, -0.2) is 25.6 Å². The maximum atomic E-state index is 5.98. The van der Waals surface area contributed by atoms with E-state index >= 15 is 0 Å². The number of ether oxygens (including phenoxy) is 1. The lowest BCUT2D eigenvalue weighted by atomic mass is 10.1. The Morgan fingerprint density at radius 1 is 0.812 bits per heavy atom. The fourth-order valence-corrected chi connectivity index (χ4v) is 3.44. The minimum absolute atomic E-state index is 0.431. The van der Waals surface area contributed by atoms with Gasteiger partial charge in [0.1, 0.15) is 12.4 Å². The second kappa shape index (κ2) is 9.22. The van der Waals surface area contributed by atoms with Crippen LogP contribution in [0, 0.1) is 0 Å². The highest BCUT2D eigenvalue weighted by molar-refractivity contribution is 5.78. The largest absolute Gasteiger partial charge is 0.487 e. The number of hydrogen-bond acceptors (Lipinski definition) is 5. The first-order chi connectivity index (χ1) is 15.8. The number of benzene rings is 3. The number of fused-ring (bicyclic) bond motifs is 1. The summed E-state index contributed by atoms with van der Waals surface area (Å²) in [5, 5.41) is 15.0. The van der Waals surface area contributed by atoms with Crippen LogP contribution in [0.4, 0.5) is 0 Å². The van der Waals surface area contributed by atoms with E-state index in [0.29, 0.717) is 13.0 Å². The summed E-state index contributed by atoms with van der Waals surface area (Å²) in [4.78, 5) is 4.67. The predicted octanol–water partition coefficient (Wildman–Crippen LogP) is 5.09. The van der Waals surface area contributed by atoms with E-state index in [0.717, 1.165) is 44.9 Å². The van der Waals surface area contributed by atoms with Gasteiger partial charge in [0.2, 0.25) is 0 Å². The Bertz CT molecular complexity index is 1340. The van der Waals surface area contributed by atoms with Crippen molar-refractivity contribution >= 4 is 23.1 Å². The first-order valence-corrected chi connectivity index (χ1v) is 10.4. The lowest BCUT2D eigenvalue weighted by molar-refractivity contribution is 0.302. The summed E-state index contributed by atoms with van der Waals surface area (Å²) >= 11 is 0. The molecule has 0 aliphatic carbocycles. The summed E-state index contributed by atoms with van der Waals surface area (Å²) in [7, 11) is 0. The zero-order chi connectivity index (χ0) is 21.6. The molecule has 5 aromatic rings. The molecule has 1 N–H and O–H groups in total. The summed E-state index contributed by atoms with van der Waals surface area (Å²) in [5.74, 6) is 1.57. The van der Waals surface area contributed by atoms with Gasteiger partial charge >= 0.3 is 0 Å². The van der Waals surface area contributed by atoms with Crippen molar-refractivity contribution in [3.8, 4) is 5.75 Å². The van der Waals surface area contributed by atoms with Gasteiger partial charge in [0.15, 0.2) is 5.82 Å². The number of aromatic nitrogens is 5. The normalized spacial score (nSPS) is 11.2. The van der Waals surface area contributed by atoms with Gasteiger partial charge in [-0.05, 0) is 51.4 Å². The number of H-pyrrole nitrogens is 1. The van der Waals surface area contributed by atoms with E-state index in [2.05, 4.69) is 80.2 Å². The SMILES string of the molecule is C(=Cc1cccc(OCc2ccc3ccccc3n2)c1)c1ccc(Cc2nnn[nH]2)cc1. The van der Waals surface area contributed by atoms with E-state index in [-0.39, 0.29) is 0 Å². The molecule has 2 heterocycles. The summed E-state index contributed by atoms with van der Waals surface area (Å²) in [5.41, 5.74) is 5.24. The van der Waals surface area contributed by atoms with Crippen LogP contribution in [0.3, 0.4) is 0 Å². The quantitative estimate of drug-likeness (QED) is 0.372. The average Bonchev–Trinajstić information content (AvgIpc) is 3.35. The third-order valence-electron chi connectivity index (χ3n) is 5.11. The molecule has 0 radical (unpaired) electrons. The molecular weight excluding hydrogens is 398 g/mol. The molecule has 0 saturated heterocycles. The molecule has 2 aromatic heterocycles. The Balaban J connectivity index is 1.22. The number of pyridine rings is 1. The molecule has 5 rings (SSSR count). The smallest absolute Gasteiger partial charge is 0.152 e. The first-order valence-electron chi connectivity index (χ1n) is 10.4. The van der Waals surface area contributed by atoms with Gasteiger partial charge in [0, 0.05) is 11.8 Å². The molecule has 0 fully saturated rings. The van der Waals surface area contributed by atoms with Gasteiger partial charge in [-0.25, -0.2) is 10.1 Å². The van der Waals surface area contributed by atoms with Crippen molar-refractivity contribution in [2.45, 2.75) is 13.0 Å². The molecule has 0 aliphatic rings. The minimum Gasteiger partial charge on any atom is -0.487 e. The fourth-order valence-electron chi connectivity index (χ4n) is 3.44. The number of rotatable bonds is 7. The van der Waals surface area contributed by atoms with Gasteiger partial charge in [0.05, 0.1) is 11.2 Å². The zero-order valence-electron chi connectivity index (χ0n) is 17.3. The summed E-state index contributed by atoms with van der Waals surface area (Å²) in [6.45, 7) is 0.431. The number of tetrazole rings is 1. The predicted molar refractivity (Wildman–Crippen MR) is 125 cm³/mol. The average molecular weight is 419 g/mol. The summed E-state index contributed by atoms with van der Waals surface area (Å²) in [6.07, 6.45) is 4.85. The highest BCUT2D eigenvalue weighted by Gasteiger charge is 2.02. The number of hydrogen-bond donors (Lipinski definition) is 1. The van der Waals surface area contributed by atoms with Crippen LogP contribution >= 0.6 is 0 Å². The monoisotopic (exact) mass is 419 g/mol. The van der Waals surface area contributed by atoms with Gasteiger partial charge in [-0.1, -0.05) is 72.8 Å². The maximum Gasteiger partial charge on any atom is 0.152 e. The van der Waals surface area contributed by atoms with E-state index < -0.39 is 0 Å². The standard InChI is InChI=1S/C26H21N5O/c1-2-7-25-22(5-1)14-15-23(27-25)18-32-24-6-3-4-20(16-24)11-8-19-9-12-21(13-10-19)17-26-28-30-31-29-26/h1-16H,17-18H2,(H,28,29,30,31). The van der Waals surface area contributed by atoms with E-state index in [1.165, 1.54) is 0 Å². The van der Waals surface area contributed by atoms with Crippen LogP contribution in [0.25, 0.3) is 23.1 Å². The minimum atomic E-state index is 0.431. The molecule has 0 saturated carbocycles. The molecular formula is C26H21N5O. The van der Waals surface area contributed by atoms with Crippen LogP contribution in [0.2, 0.25) is 0 Å². The second-order valence-corrected chi connectivity index (χ2v) is 7.46. The third-order valence-corrected chi connectivity index (χ3v) is 5.11. The Hall–Kier alpha value is -4.32. The summed E-state index contributed by atoms with van der Waals surface area (Å²) in [6, 6.07) is 28.6. The van der Waals surface area contributed by atoms with Gasteiger partial charge in [-0.15, -0.1) is 5.10 Å². The van der Waals surface area contributed by atoms with Gasteiger partial charge in [-0.2, -0.15) is 0 Å². The molecule has 156 valence electrons. The van der Waals surface area contributed by atoms with Crippen molar-refractivity contribution < 1.29 is 4.74 Å². The highest BCUT2D eigenvalue weighted by atomic mass is 16.5. The molecule has 3 aromatic carbocycles. The lowest BCUT2D eigenvalue weighted by Gasteiger charge is -2.07. The Morgan fingerprint density at radius 2 is 1.69 bits per heavy atom. The van der Waals surface area contributed by atoms with Crippen molar-refractivity contribution in [3.05, 3.63) is 113 Å². The zero-order valence-corrected chi connectivity index (χ0v) is 17.3. The van der Waals surface area contributed by atoms with Crippen LogP contribution < -0.4 is 4.74 Å². The van der Waals surface area contributed by atoms with Gasteiger partial charge in [0.25, 0.3) is 0 Å². The Labute approximate surface area is 185 Å². The van der Waals surface area contributed by atoms with E-state index in [4.69, 9.17) is 4.74 Å². The van der Waals surface area contributed by atoms with Crippen molar-refractivity contribution in [2.24, 2.45) is 0 Å². The third kappa shape index (κ3) is 4.87. The molecule has 6 nitrogen and oxygen atoms in total. The topological polar surface area (TPSA) is 76.6 Å². The first kappa shape index (κ1) is 19.6. The van der Waals surface area contributed by atoms with Crippen LogP contribution in [-0.2, 0) is 13.0 Å². The number of aromatic amines is 1. The highest BCUT2D eigenvalue weighted by Crippen LogP contribution is 2.18. The number of nitrogens with zero attached hydrogens (tertiary/aromatic N) is 4. The lowest BCUT2D eigenvalue weighted by Crippen LogP contribution is -1.98. The van der Waals surface area contributed by atoms with E-state index in [1.807, 2.05) is 42.5 Å². The van der Waals surface area contributed by atoms with Crippen molar-refractivity contribution in [1.82, 2.24) is 25.6 Å². The summed E-state index contributed by atoms with van der Waals surface area (Å²) < 4.78 is 5.98. The Morgan fingerprint density at radius 3 is 2.56 bits per heavy atom. The van der Waals surface area contributed by atoms with E-state index in [1.54, 1.807) is 0 Å². The second-order valence-electron chi connectivity index (χ2n) is 7.46. The molecule has 0 unspecified atom stereocenters. The van der Waals surface area contributed by atoms with Crippen LogP contribution in [0.5, 0.6) is 5.75 Å². The molecule has 0 bridgehead atoms. The molecule has 6 heteroatoms. The Kier molecular flexibility index (Phi) is 5.66. The number of nitrogens with one attached hydrogen (secondary N) is 1. The number of para-hydroxylation sites is 1. The molecule has 32 heavy (non-hydrogen) atoms. The van der Waals surface area contributed by atoms with Crippen molar-refractivity contribution in [2.75, 3.05) is 0 Å². The van der Waals surface area contributed by atoms with Crippen molar-refractivity contribution in [3.63, 3.8) is 0 Å². The van der Waals surface area contributed by atoms with Crippen LogP contribution in [0.1, 0.15) is 28.2 Å². The van der Waals surface area contributed by atoms with Crippen LogP contribution in [0.15, 0.2) is 84.9 Å². The van der Waals surface area contributed by atoms with Gasteiger partial charge in [-0.3, -0.25) is 0 Å². The van der Waals surface area contributed by atoms with E-state index in [9.17, 15) is 0 Å².